The normalized spacial score (nSPS) is 12.0. The first kappa shape index (κ1) is 33.5. The van der Waals surface area contributed by atoms with Crippen molar-refractivity contribution in [2.75, 3.05) is 31.6 Å². The lowest BCUT2D eigenvalue weighted by molar-refractivity contribution is -0.140. The summed E-state index contributed by atoms with van der Waals surface area (Å²) in [6.07, 6.45) is 0.342. The fraction of sp³-hybridized carbons (Fsp3) is 0.394. The molecule has 0 aliphatic carbocycles. The van der Waals surface area contributed by atoms with Crippen molar-refractivity contribution < 1.29 is 27.5 Å². The van der Waals surface area contributed by atoms with Gasteiger partial charge in [0.25, 0.3) is 10.0 Å². The van der Waals surface area contributed by atoms with Gasteiger partial charge < -0.3 is 19.7 Å². The quantitative estimate of drug-likeness (QED) is 0.273. The number of carbonyl (C=O) groups is 2. The molecule has 0 unspecified atom stereocenters. The van der Waals surface area contributed by atoms with Gasteiger partial charge in [0.2, 0.25) is 11.8 Å². The van der Waals surface area contributed by atoms with Crippen molar-refractivity contribution in [1.29, 1.82) is 0 Å². The number of rotatable bonds is 14. The van der Waals surface area contributed by atoms with E-state index in [4.69, 9.17) is 9.47 Å². The first-order valence-electron chi connectivity index (χ1n) is 14.3. The van der Waals surface area contributed by atoms with Gasteiger partial charge in [-0.2, -0.15) is 0 Å². The van der Waals surface area contributed by atoms with Crippen LogP contribution < -0.4 is 19.1 Å². The number of benzene rings is 3. The van der Waals surface area contributed by atoms with Crippen LogP contribution in [-0.4, -0.2) is 58.5 Å². The minimum absolute atomic E-state index is 0.0163. The van der Waals surface area contributed by atoms with Crippen LogP contribution in [-0.2, 0) is 26.2 Å². The number of anilines is 1. The third-order valence-corrected chi connectivity index (χ3v) is 8.86. The lowest BCUT2D eigenvalue weighted by atomic mass is 10.1. The van der Waals surface area contributed by atoms with Crippen LogP contribution in [0, 0.1) is 19.8 Å². The van der Waals surface area contributed by atoms with E-state index in [1.807, 2.05) is 58.9 Å². The second-order valence-electron chi connectivity index (χ2n) is 10.9. The van der Waals surface area contributed by atoms with Crippen LogP contribution in [0.4, 0.5) is 5.69 Å². The third-order valence-electron chi connectivity index (χ3n) is 7.09. The number of carbonyl (C=O) groups excluding carboxylic acids is 2. The van der Waals surface area contributed by atoms with Gasteiger partial charge in [-0.05, 0) is 56.0 Å². The van der Waals surface area contributed by atoms with Gasteiger partial charge in [-0.1, -0.05) is 68.3 Å². The molecule has 10 heteroatoms. The highest BCUT2D eigenvalue weighted by Crippen LogP contribution is 2.36. The number of amides is 2. The van der Waals surface area contributed by atoms with Gasteiger partial charge in [0, 0.05) is 19.2 Å². The van der Waals surface area contributed by atoms with Gasteiger partial charge in [0.05, 0.1) is 24.8 Å². The smallest absolute Gasteiger partial charge is 0.264 e. The van der Waals surface area contributed by atoms with Gasteiger partial charge >= 0.3 is 0 Å². The number of ether oxygens (including phenoxy) is 2. The van der Waals surface area contributed by atoms with E-state index in [1.54, 1.807) is 24.3 Å². The second-order valence-corrected chi connectivity index (χ2v) is 12.8. The molecule has 0 aliphatic rings. The predicted molar refractivity (Wildman–Crippen MR) is 169 cm³/mol. The Morgan fingerprint density at radius 1 is 0.884 bits per heavy atom. The Labute approximate surface area is 255 Å². The largest absolute Gasteiger partial charge is 0.497 e. The summed E-state index contributed by atoms with van der Waals surface area (Å²) in [5, 5.41) is 2.94. The van der Waals surface area contributed by atoms with Crippen molar-refractivity contribution in [2.45, 2.75) is 58.5 Å². The lowest BCUT2D eigenvalue weighted by Gasteiger charge is -2.33. The molecule has 0 radical (unpaired) electrons. The molecule has 1 N–H and O–H groups in total. The van der Waals surface area contributed by atoms with E-state index in [1.165, 1.54) is 37.3 Å². The Morgan fingerprint density at radius 3 is 2.02 bits per heavy atom. The lowest BCUT2D eigenvalue weighted by Crippen LogP contribution is -2.52. The molecule has 3 aromatic carbocycles. The van der Waals surface area contributed by atoms with Crippen LogP contribution in [0.15, 0.2) is 71.6 Å². The summed E-state index contributed by atoms with van der Waals surface area (Å²) in [6, 6.07) is 18.0. The molecule has 0 saturated heterocycles. The summed E-state index contributed by atoms with van der Waals surface area (Å²) >= 11 is 0. The van der Waals surface area contributed by atoms with Crippen LogP contribution >= 0.6 is 0 Å². The van der Waals surface area contributed by atoms with Crippen molar-refractivity contribution in [1.82, 2.24) is 10.2 Å². The number of sulfonamides is 1. The van der Waals surface area contributed by atoms with E-state index in [9.17, 15) is 18.0 Å². The molecule has 0 fully saturated rings. The molecule has 43 heavy (non-hydrogen) atoms. The number of nitrogens with zero attached hydrogens (tertiary/aromatic N) is 2. The summed E-state index contributed by atoms with van der Waals surface area (Å²) in [6.45, 7) is 9.66. The third kappa shape index (κ3) is 8.50. The Bertz CT molecular complexity index is 1490. The van der Waals surface area contributed by atoms with E-state index in [0.717, 1.165) is 21.0 Å². The highest BCUT2D eigenvalue weighted by Gasteiger charge is 2.35. The summed E-state index contributed by atoms with van der Waals surface area (Å²) in [7, 11) is -1.36. The van der Waals surface area contributed by atoms with Gasteiger partial charge in [-0.25, -0.2) is 8.42 Å². The Kier molecular flexibility index (Phi) is 11.6. The molecule has 0 heterocycles. The molecule has 0 saturated carbocycles. The van der Waals surface area contributed by atoms with Crippen LogP contribution in [0.25, 0.3) is 0 Å². The Hall–Kier alpha value is -4.05. The van der Waals surface area contributed by atoms with E-state index < -0.39 is 28.5 Å². The number of nitrogens with one attached hydrogen (secondary N) is 1. The molecular weight excluding hydrogens is 566 g/mol. The maximum Gasteiger partial charge on any atom is 0.264 e. The highest BCUT2D eigenvalue weighted by molar-refractivity contribution is 7.92. The zero-order valence-electron chi connectivity index (χ0n) is 26.1. The summed E-state index contributed by atoms with van der Waals surface area (Å²) in [4.78, 5) is 29.2. The van der Waals surface area contributed by atoms with Crippen LogP contribution in [0.3, 0.4) is 0 Å². The van der Waals surface area contributed by atoms with Crippen molar-refractivity contribution in [2.24, 2.45) is 5.92 Å². The molecule has 3 rings (SSSR count). The molecule has 0 aromatic heterocycles. The molecule has 232 valence electrons. The minimum Gasteiger partial charge on any atom is -0.497 e. The highest BCUT2D eigenvalue weighted by atomic mass is 32.2. The number of hydrogen-bond acceptors (Lipinski definition) is 6. The van der Waals surface area contributed by atoms with E-state index in [2.05, 4.69) is 5.32 Å². The summed E-state index contributed by atoms with van der Waals surface area (Å²) in [5.74, 6) is 0.0362. The van der Waals surface area contributed by atoms with E-state index in [-0.39, 0.29) is 34.7 Å². The van der Waals surface area contributed by atoms with Gasteiger partial charge in [-0.3, -0.25) is 13.9 Å². The second kappa shape index (κ2) is 14.9. The Balaban J connectivity index is 2.13. The fourth-order valence-electron chi connectivity index (χ4n) is 4.57. The maximum absolute atomic E-state index is 14.3. The SMILES string of the molecule is CC[C@@H](C(=O)NCC(C)C)N(Cc1ccc(C)cc1)C(=O)CN(c1cc(OC)ccc1OC)S(=O)(=O)c1ccc(C)cc1. The maximum atomic E-state index is 14.3. The summed E-state index contributed by atoms with van der Waals surface area (Å²) in [5.41, 5.74) is 2.91. The molecule has 9 nitrogen and oxygen atoms in total. The number of aryl methyl sites for hydroxylation is 2. The zero-order chi connectivity index (χ0) is 31.7. The molecule has 0 bridgehead atoms. The van der Waals surface area contributed by atoms with Crippen LogP contribution in [0.2, 0.25) is 0 Å². The first-order valence-corrected chi connectivity index (χ1v) is 15.8. The monoisotopic (exact) mass is 609 g/mol. The van der Waals surface area contributed by atoms with Crippen LogP contribution in [0.5, 0.6) is 11.5 Å². The number of hydrogen-bond donors (Lipinski definition) is 1. The number of methoxy groups -OCH3 is 2. The average Bonchev–Trinajstić information content (AvgIpc) is 2.99. The van der Waals surface area contributed by atoms with Crippen molar-refractivity contribution in [3.8, 4) is 11.5 Å². The van der Waals surface area contributed by atoms with Crippen LogP contribution in [0.1, 0.15) is 43.9 Å². The first-order chi connectivity index (χ1) is 20.4. The van der Waals surface area contributed by atoms with Crippen molar-refractivity contribution >= 4 is 27.5 Å². The molecule has 1 atom stereocenters. The summed E-state index contributed by atoms with van der Waals surface area (Å²) < 4.78 is 40.3. The van der Waals surface area contributed by atoms with Crippen molar-refractivity contribution in [3.63, 3.8) is 0 Å². The molecule has 2 amide bonds. The van der Waals surface area contributed by atoms with Crippen molar-refractivity contribution in [3.05, 3.63) is 83.4 Å². The predicted octanol–water partition coefficient (Wildman–Crippen LogP) is 5.10. The van der Waals surface area contributed by atoms with E-state index in [0.29, 0.717) is 18.7 Å². The molecule has 0 aliphatic heterocycles. The van der Waals surface area contributed by atoms with Gasteiger partial charge in [0.15, 0.2) is 0 Å². The standard InChI is InChI=1S/C33H43N3O6S/c1-8-29(33(38)34-20-23(2)3)35(21-26-13-9-24(4)10-14-26)32(37)22-36(30-19-27(41-6)15-18-31(30)42-7)43(39,40)28-16-11-25(5)12-17-28/h9-19,23,29H,8,20-22H2,1-7H3,(H,34,38)/t29-/m0/s1. The molecule has 3 aromatic rings. The molecule has 0 spiro atoms. The molecular formula is C33H43N3O6S. The minimum atomic E-state index is -4.26. The topological polar surface area (TPSA) is 105 Å². The van der Waals surface area contributed by atoms with E-state index >= 15 is 0 Å². The van der Waals surface area contributed by atoms with Gasteiger partial charge in [0.1, 0.15) is 24.1 Å². The zero-order valence-corrected chi connectivity index (χ0v) is 26.9. The Morgan fingerprint density at radius 2 is 1.49 bits per heavy atom. The average molecular weight is 610 g/mol. The van der Waals surface area contributed by atoms with Gasteiger partial charge in [-0.15, -0.1) is 0 Å². The fourth-order valence-corrected chi connectivity index (χ4v) is 5.99.